The van der Waals surface area contributed by atoms with Crippen LogP contribution in [-0.2, 0) is 10.0 Å². The lowest BCUT2D eigenvalue weighted by atomic mass is 10.2. The van der Waals surface area contributed by atoms with E-state index in [1.54, 1.807) is 6.07 Å². The molecule has 1 aliphatic heterocycles. The van der Waals surface area contributed by atoms with E-state index in [4.69, 9.17) is 0 Å². The van der Waals surface area contributed by atoms with Gasteiger partial charge < -0.3 is 10.2 Å². The molecule has 0 aliphatic carbocycles. The van der Waals surface area contributed by atoms with Crippen molar-refractivity contribution in [1.82, 2.24) is 4.31 Å². The summed E-state index contributed by atoms with van der Waals surface area (Å²) in [6, 6.07) is 14.8. The van der Waals surface area contributed by atoms with Gasteiger partial charge in [0.15, 0.2) is 0 Å². The molecule has 26 heavy (non-hydrogen) atoms. The molecule has 3 rings (SSSR count). The first kappa shape index (κ1) is 18.9. The van der Waals surface area contributed by atoms with Gasteiger partial charge in [-0.3, -0.25) is 4.79 Å². The monoisotopic (exact) mass is 437 g/mol. The highest BCUT2D eigenvalue weighted by atomic mass is 79.9. The summed E-state index contributed by atoms with van der Waals surface area (Å²) < 4.78 is 25.4. The van der Waals surface area contributed by atoms with Crippen LogP contribution in [0.25, 0.3) is 0 Å². The topological polar surface area (TPSA) is 69.7 Å². The van der Waals surface area contributed by atoms with Crippen LogP contribution >= 0.6 is 15.9 Å². The smallest absolute Gasteiger partial charge is 0.256 e. The molecule has 1 aliphatic rings. The molecule has 0 saturated carbocycles. The summed E-state index contributed by atoms with van der Waals surface area (Å²) in [5.41, 5.74) is 2.30. The van der Waals surface area contributed by atoms with Crippen molar-refractivity contribution in [2.45, 2.75) is 0 Å². The van der Waals surface area contributed by atoms with Crippen molar-refractivity contribution in [2.24, 2.45) is 0 Å². The number of amides is 1. The molecule has 2 aromatic carbocycles. The third-order valence-corrected chi connectivity index (χ3v) is 6.31. The first-order valence-electron chi connectivity index (χ1n) is 8.20. The number of halogens is 1. The Balaban J connectivity index is 1.63. The minimum absolute atomic E-state index is 0.174. The first-order valence-corrected chi connectivity index (χ1v) is 10.8. The molecule has 138 valence electrons. The fourth-order valence-electron chi connectivity index (χ4n) is 2.88. The van der Waals surface area contributed by atoms with E-state index in [1.807, 2.05) is 42.5 Å². The Labute approximate surface area is 162 Å². The number of nitrogens with one attached hydrogen (secondary N) is 1. The Morgan fingerprint density at radius 1 is 1.00 bits per heavy atom. The fourth-order valence-corrected chi connectivity index (χ4v) is 4.17. The maximum Gasteiger partial charge on any atom is 0.256 e. The van der Waals surface area contributed by atoms with E-state index in [2.05, 4.69) is 26.1 Å². The Morgan fingerprint density at radius 3 is 2.19 bits per heavy atom. The Bertz CT molecular complexity index is 892. The first-order chi connectivity index (χ1) is 12.3. The van der Waals surface area contributed by atoms with Crippen molar-refractivity contribution < 1.29 is 13.2 Å². The van der Waals surface area contributed by atoms with Crippen LogP contribution in [0.2, 0.25) is 0 Å². The SMILES string of the molecule is CS(=O)(=O)N1CCN(c2ccc(NC(=O)c3ccccc3Br)cc2)CC1. The predicted molar refractivity (Wildman–Crippen MR) is 107 cm³/mol. The Hall–Kier alpha value is -1.90. The molecular weight excluding hydrogens is 418 g/mol. The van der Waals surface area contributed by atoms with Crippen molar-refractivity contribution in [3.05, 3.63) is 58.6 Å². The summed E-state index contributed by atoms with van der Waals surface area (Å²) in [7, 11) is -3.13. The lowest BCUT2D eigenvalue weighted by Crippen LogP contribution is -2.48. The summed E-state index contributed by atoms with van der Waals surface area (Å²) in [5, 5.41) is 2.88. The van der Waals surface area contributed by atoms with Crippen LogP contribution in [0.4, 0.5) is 11.4 Å². The van der Waals surface area contributed by atoms with E-state index in [-0.39, 0.29) is 5.91 Å². The van der Waals surface area contributed by atoms with E-state index in [0.29, 0.717) is 37.4 Å². The zero-order valence-electron chi connectivity index (χ0n) is 14.4. The molecule has 2 aromatic rings. The normalized spacial score (nSPS) is 15.7. The summed E-state index contributed by atoms with van der Waals surface area (Å²) in [6.07, 6.45) is 1.24. The highest BCUT2D eigenvalue weighted by Gasteiger charge is 2.23. The van der Waals surface area contributed by atoms with Crippen LogP contribution in [0.5, 0.6) is 0 Å². The van der Waals surface area contributed by atoms with Crippen LogP contribution in [0, 0.1) is 0 Å². The zero-order valence-corrected chi connectivity index (χ0v) is 16.8. The second kappa shape index (κ2) is 7.77. The summed E-state index contributed by atoms with van der Waals surface area (Å²) in [4.78, 5) is 14.5. The number of benzene rings is 2. The summed E-state index contributed by atoms with van der Waals surface area (Å²) >= 11 is 3.38. The van der Waals surface area contributed by atoms with Gasteiger partial charge in [0.05, 0.1) is 11.8 Å². The van der Waals surface area contributed by atoms with E-state index >= 15 is 0 Å². The minimum Gasteiger partial charge on any atom is -0.369 e. The molecule has 0 bridgehead atoms. The number of rotatable bonds is 4. The number of hydrogen-bond acceptors (Lipinski definition) is 4. The van der Waals surface area contributed by atoms with Gasteiger partial charge in [-0.05, 0) is 52.3 Å². The van der Waals surface area contributed by atoms with Crippen molar-refractivity contribution in [3.63, 3.8) is 0 Å². The van der Waals surface area contributed by atoms with Gasteiger partial charge in [-0.25, -0.2) is 8.42 Å². The second-order valence-electron chi connectivity index (χ2n) is 6.13. The Morgan fingerprint density at radius 2 is 1.62 bits per heavy atom. The molecule has 8 heteroatoms. The van der Waals surface area contributed by atoms with E-state index in [9.17, 15) is 13.2 Å². The minimum atomic E-state index is -3.13. The molecule has 6 nitrogen and oxygen atoms in total. The lowest BCUT2D eigenvalue weighted by Gasteiger charge is -2.34. The zero-order chi connectivity index (χ0) is 18.7. The molecule has 0 spiro atoms. The van der Waals surface area contributed by atoms with E-state index in [1.165, 1.54) is 10.6 Å². The van der Waals surface area contributed by atoms with E-state index < -0.39 is 10.0 Å². The number of sulfonamides is 1. The molecule has 1 fully saturated rings. The average molecular weight is 438 g/mol. The number of hydrogen-bond donors (Lipinski definition) is 1. The van der Waals surface area contributed by atoms with Gasteiger partial charge in [-0.1, -0.05) is 12.1 Å². The van der Waals surface area contributed by atoms with Crippen molar-refractivity contribution in [3.8, 4) is 0 Å². The quantitative estimate of drug-likeness (QED) is 0.797. The third-order valence-electron chi connectivity index (χ3n) is 4.32. The standard InChI is InChI=1S/C18H20BrN3O3S/c1-26(24,25)22-12-10-21(11-13-22)15-8-6-14(7-9-15)20-18(23)16-4-2-3-5-17(16)19/h2-9H,10-13H2,1H3,(H,20,23). The lowest BCUT2D eigenvalue weighted by molar-refractivity contribution is 0.102. The summed E-state index contributed by atoms with van der Waals surface area (Å²) in [5.74, 6) is -0.174. The van der Waals surface area contributed by atoms with Gasteiger partial charge in [0.2, 0.25) is 10.0 Å². The molecule has 1 N–H and O–H groups in total. The van der Waals surface area contributed by atoms with Crippen LogP contribution in [0.15, 0.2) is 53.0 Å². The third kappa shape index (κ3) is 4.44. The molecule has 1 amide bonds. The van der Waals surface area contributed by atoms with Gasteiger partial charge >= 0.3 is 0 Å². The van der Waals surface area contributed by atoms with Gasteiger partial charge in [-0.2, -0.15) is 4.31 Å². The highest BCUT2D eigenvalue weighted by Crippen LogP contribution is 2.22. The molecule has 0 radical (unpaired) electrons. The second-order valence-corrected chi connectivity index (χ2v) is 8.97. The molecule has 0 unspecified atom stereocenters. The largest absolute Gasteiger partial charge is 0.369 e. The number of carbonyl (C=O) groups is 1. The maximum absolute atomic E-state index is 12.3. The predicted octanol–water partition coefficient (Wildman–Crippen LogP) is 2.78. The van der Waals surface area contributed by atoms with Crippen molar-refractivity contribution in [2.75, 3.05) is 42.7 Å². The van der Waals surface area contributed by atoms with Crippen molar-refractivity contribution in [1.29, 1.82) is 0 Å². The van der Waals surface area contributed by atoms with Gasteiger partial charge in [0.1, 0.15) is 0 Å². The number of anilines is 2. The van der Waals surface area contributed by atoms with Crippen molar-refractivity contribution >= 4 is 43.2 Å². The average Bonchev–Trinajstić information content (AvgIpc) is 2.62. The van der Waals surface area contributed by atoms with Crippen LogP contribution in [0.1, 0.15) is 10.4 Å². The number of carbonyl (C=O) groups excluding carboxylic acids is 1. The molecule has 1 saturated heterocycles. The molecule has 0 aromatic heterocycles. The van der Waals surface area contributed by atoms with Gasteiger partial charge in [0.25, 0.3) is 5.91 Å². The van der Waals surface area contributed by atoms with Gasteiger partial charge in [0, 0.05) is 42.0 Å². The number of piperazine rings is 1. The van der Waals surface area contributed by atoms with Gasteiger partial charge in [-0.15, -0.1) is 0 Å². The maximum atomic E-state index is 12.3. The molecule has 1 heterocycles. The van der Waals surface area contributed by atoms with Crippen LogP contribution in [-0.4, -0.2) is 51.1 Å². The fraction of sp³-hybridized carbons (Fsp3) is 0.278. The van der Waals surface area contributed by atoms with Crippen LogP contribution in [0.3, 0.4) is 0 Å². The number of nitrogens with zero attached hydrogens (tertiary/aromatic N) is 2. The molecule has 0 atom stereocenters. The van der Waals surface area contributed by atoms with E-state index in [0.717, 1.165) is 10.2 Å². The highest BCUT2D eigenvalue weighted by molar-refractivity contribution is 9.10. The summed E-state index contributed by atoms with van der Waals surface area (Å²) in [6.45, 7) is 2.27. The molecular formula is C18H20BrN3O3S. The Kier molecular flexibility index (Phi) is 5.64. The van der Waals surface area contributed by atoms with Crippen LogP contribution < -0.4 is 10.2 Å².